The highest BCUT2D eigenvalue weighted by molar-refractivity contribution is 9.10. The molecule has 1 aromatic heterocycles. The van der Waals surface area contributed by atoms with Crippen molar-refractivity contribution in [3.8, 4) is 5.75 Å². The molecule has 0 amide bonds. The summed E-state index contributed by atoms with van der Waals surface area (Å²) in [5, 5.41) is 9.67. The molecule has 1 aromatic carbocycles. The van der Waals surface area contributed by atoms with Crippen LogP contribution in [0.5, 0.6) is 5.75 Å². The van der Waals surface area contributed by atoms with Gasteiger partial charge in [0.25, 0.3) is 0 Å². The molecule has 0 aliphatic heterocycles. The number of aromatic nitrogens is 2. The lowest BCUT2D eigenvalue weighted by molar-refractivity contribution is 0.189. The highest BCUT2D eigenvalue weighted by Crippen LogP contribution is 2.28. The maximum atomic E-state index is 9.67. The highest BCUT2D eigenvalue weighted by Gasteiger charge is 2.10. The molecule has 0 saturated heterocycles. The van der Waals surface area contributed by atoms with E-state index in [2.05, 4.69) is 25.9 Å². The van der Waals surface area contributed by atoms with Crippen LogP contribution in [0, 0.1) is 0 Å². The van der Waals surface area contributed by atoms with Crippen LogP contribution < -0.4 is 4.74 Å². The smallest absolute Gasteiger partial charge is 0.166 e. The van der Waals surface area contributed by atoms with Gasteiger partial charge in [0.2, 0.25) is 0 Å². The van der Waals surface area contributed by atoms with Gasteiger partial charge in [-0.15, -0.1) is 0 Å². The number of rotatable bonds is 4. The summed E-state index contributed by atoms with van der Waals surface area (Å²) in [4.78, 5) is 8.16. The van der Waals surface area contributed by atoms with Crippen molar-refractivity contribution < 1.29 is 9.84 Å². The Kier molecular flexibility index (Phi) is 4.28. The highest BCUT2D eigenvalue weighted by atomic mass is 79.9. The van der Waals surface area contributed by atoms with Gasteiger partial charge in [-0.25, -0.2) is 9.97 Å². The van der Waals surface area contributed by atoms with Crippen molar-refractivity contribution in [2.75, 3.05) is 0 Å². The molecule has 2 aromatic rings. The van der Waals surface area contributed by atoms with Gasteiger partial charge in [-0.1, -0.05) is 22.0 Å². The topological polar surface area (TPSA) is 55.2 Å². The van der Waals surface area contributed by atoms with Gasteiger partial charge in [-0.05, 0) is 25.1 Å². The van der Waals surface area contributed by atoms with Crippen LogP contribution in [-0.4, -0.2) is 15.1 Å². The molecule has 1 heterocycles. The second-order valence-corrected chi connectivity index (χ2v) is 4.73. The van der Waals surface area contributed by atoms with Crippen LogP contribution in [0.15, 0.2) is 41.1 Å². The normalized spacial score (nSPS) is 12.2. The molecule has 94 valence electrons. The van der Waals surface area contributed by atoms with E-state index < -0.39 is 6.10 Å². The molecule has 0 unspecified atom stereocenters. The molecule has 0 aliphatic rings. The number of ether oxygens (including phenoxy) is 1. The first-order valence-electron chi connectivity index (χ1n) is 5.53. The van der Waals surface area contributed by atoms with Crippen molar-refractivity contribution in [2.45, 2.75) is 19.6 Å². The average Bonchev–Trinajstić information content (AvgIpc) is 2.37. The van der Waals surface area contributed by atoms with E-state index >= 15 is 0 Å². The van der Waals surface area contributed by atoms with Gasteiger partial charge >= 0.3 is 0 Å². The average molecular weight is 309 g/mol. The molecule has 1 atom stereocenters. The summed E-state index contributed by atoms with van der Waals surface area (Å²) in [7, 11) is 0. The van der Waals surface area contributed by atoms with E-state index in [-0.39, 0.29) is 6.61 Å². The maximum absolute atomic E-state index is 9.67. The summed E-state index contributed by atoms with van der Waals surface area (Å²) in [5.74, 6) is 1.24. The third kappa shape index (κ3) is 3.27. The zero-order chi connectivity index (χ0) is 13.0. The molecule has 0 spiro atoms. The molecule has 18 heavy (non-hydrogen) atoms. The number of halogens is 1. The fraction of sp³-hybridized carbons (Fsp3) is 0.231. The molecule has 0 radical (unpaired) electrons. The van der Waals surface area contributed by atoms with Gasteiger partial charge in [-0.3, -0.25) is 0 Å². The zero-order valence-electron chi connectivity index (χ0n) is 9.88. The summed E-state index contributed by atoms with van der Waals surface area (Å²) in [5.41, 5.74) is 0.745. The Morgan fingerprint density at radius 2 is 2.06 bits per heavy atom. The minimum absolute atomic E-state index is 0.275. The Bertz CT molecular complexity index is 518. The quantitative estimate of drug-likeness (QED) is 0.943. The fourth-order valence-corrected chi connectivity index (χ4v) is 1.87. The Morgan fingerprint density at radius 3 is 2.72 bits per heavy atom. The molecule has 5 heteroatoms. The predicted octanol–water partition coefficient (Wildman–Crippen LogP) is 2.87. The third-order valence-corrected chi connectivity index (χ3v) is 2.89. The number of hydrogen-bond acceptors (Lipinski definition) is 4. The second-order valence-electron chi connectivity index (χ2n) is 3.81. The van der Waals surface area contributed by atoms with Crippen LogP contribution in [0.2, 0.25) is 0 Å². The van der Waals surface area contributed by atoms with E-state index in [0.29, 0.717) is 11.6 Å². The number of aliphatic hydroxyl groups excluding tert-OH is 1. The minimum Gasteiger partial charge on any atom is -0.485 e. The fourth-order valence-electron chi connectivity index (χ4n) is 1.53. The lowest BCUT2D eigenvalue weighted by Crippen LogP contribution is -2.03. The maximum Gasteiger partial charge on any atom is 0.166 e. The SMILES string of the molecule is C[C@@H](O)c1ccc(Br)cc1OCc1ncccn1. The number of aliphatic hydroxyl groups is 1. The molecular weight excluding hydrogens is 296 g/mol. The molecule has 0 saturated carbocycles. The lowest BCUT2D eigenvalue weighted by atomic mass is 10.1. The van der Waals surface area contributed by atoms with E-state index in [9.17, 15) is 5.11 Å². The van der Waals surface area contributed by atoms with E-state index in [1.165, 1.54) is 0 Å². The largest absolute Gasteiger partial charge is 0.485 e. The first kappa shape index (κ1) is 13.0. The van der Waals surface area contributed by atoms with Crippen LogP contribution in [0.25, 0.3) is 0 Å². The summed E-state index contributed by atoms with van der Waals surface area (Å²) in [6.45, 7) is 1.98. The summed E-state index contributed by atoms with van der Waals surface area (Å²) in [6.07, 6.45) is 2.76. The Labute approximate surface area is 114 Å². The first-order chi connectivity index (χ1) is 8.66. The summed E-state index contributed by atoms with van der Waals surface area (Å²) >= 11 is 3.38. The van der Waals surface area contributed by atoms with Gasteiger partial charge in [0, 0.05) is 22.4 Å². The van der Waals surface area contributed by atoms with Gasteiger partial charge in [0.1, 0.15) is 12.4 Å². The van der Waals surface area contributed by atoms with Crippen molar-refractivity contribution in [3.63, 3.8) is 0 Å². The van der Waals surface area contributed by atoms with Crippen molar-refractivity contribution >= 4 is 15.9 Å². The van der Waals surface area contributed by atoms with Crippen molar-refractivity contribution in [3.05, 3.63) is 52.5 Å². The second kappa shape index (κ2) is 5.93. The van der Waals surface area contributed by atoms with Crippen molar-refractivity contribution in [2.24, 2.45) is 0 Å². The van der Waals surface area contributed by atoms with E-state index in [4.69, 9.17) is 4.74 Å². The molecule has 0 bridgehead atoms. The molecular formula is C13H13BrN2O2. The Hall–Kier alpha value is -1.46. The van der Waals surface area contributed by atoms with Crippen LogP contribution in [0.3, 0.4) is 0 Å². The predicted molar refractivity (Wildman–Crippen MR) is 71.1 cm³/mol. The molecule has 0 fully saturated rings. The standard InChI is InChI=1S/C13H13BrN2O2/c1-9(17)11-4-3-10(14)7-12(11)18-8-13-15-5-2-6-16-13/h2-7,9,17H,8H2,1H3/t9-/m1/s1. The minimum atomic E-state index is -0.579. The molecule has 1 N–H and O–H groups in total. The summed E-state index contributed by atoms with van der Waals surface area (Å²) in [6, 6.07) is 7.28. The Morgan fingerprint density at radius 1 is 1.33 bits per heavy atom. The van der Waals surface area contributed by atoms with Gasteiger partial charge < -0.3 is 9.84 Å². The van der Waals surface area contributed by atoms with Crippen LogP contribution in [-0.2, 0) is 6.61 Å². The van der Waals surface area contributed by atoms with Crippen LogP contribution in [0.4, 0.5) is 0 Å². The molecule has 4 nitrogen and oxygen atoms in total. The molecule has 2 rings (SSSR count). The van der Waals surface area contributed by atoms with Crippen LogP contribution in [0.1, 0.15) is 24.4 Å². The van der Waals surface area contributed by atoms with E-state index in [1.807, 2.05) is 18.2 Å². The van der Waals surface area contributed by atoms with Crippen molar-refractivity contribution in [1.82, 2.24) is 9.97 Å². The van der Waals surface area contributed by atoms with Crippen molar-refractivity contribution in [1.29, 1.82) is 0 Å². The number of benzene rings is 1. The van der Waals surface area contributed by atoms with Gasteiger partial charge in [-0.2, -0.15) is 0 Å². The zero-order valence-corrected chi connectivity index (χ0v) is 11.5. The molecule has 0 aliphatic carbocycles. The van der Waals surface area contributed by atoms with E-state index in [0.717, 1.165) is 10.0 Å². The number of hydrogen-bond donors (Lipinski definition) is 1. The monoisotopic (exact) mass is 308 g/mol. The lowest BCUT2D eigenvalue weighted by Gasteiger charge is -2.13. The van der Waals surface area contributed by atoms with E-state index in [1.54, 1.807) is 25.4 Å². The van der Waals surface area contributed by atoms with Gasteiger partial charge in [0.05, 0.1) is 6.10 Å². The Balaban J connectivity index is 2.15. The van der Waals surface area contributed by atoms with Gasteiger partial charge in [0.15, 0.2) is 5.82 Å². The number of nitrogens with zero attached hydrogens (tertiary/aromatic N) is 2. The third-order valence-electron chi connectivity index (χ3n) is 2.40. The van der Waals surface area contributed by atoms with Crippen LogP contribution >= 0.6 is 15.9 Å². The first-order valence-corrected chi connectivity index (χ1v) is 6.32. The summed E-state index contributed by atoms with van der Waals surface area (Å²) < 4.78 is 6.55.